The van der Waals surface area contributed by atoms with Gasteiger partial charge in [0.25, 0.3) is 0 Å². The normalized spacial score (nSPS) is 14.3. The van der Waals surface area contributed by atoms with Crippen molar-refractivity contribution in [1.82, 2.24) is 5.32 Å². The van der Waals surface area contributed by atoms with Crippen LogP contribution in [0.25, 0.3) is 0 Å². The number of rotatable bonds is 6. The third-order valence-corrected chi connectivity index (χ3v) is 3.31. The average Bonchev–Trinajstić information content (AvgIpc) is 2.37. The van der Waals surface area contributed by atoms with Gasteiger partial charge >= 0.3 is 0 Å². The molecule has 18 heavy (non-hydrogen) atoms. The van der Waals surface area contributed by atoms with E-state index in [1.165, 1.54) is 0 Å². The second-order valence-corrected chi connectivity index (χ2v) is 5.11. The fourth-order valence-electron chi connectivity index (χ4n) is 1.70. The van der Waals surface area contributed by atoms with Crippen LogP contribution in [0, 0.1) is 11.8 Å². The molecule has 3 heteroatoms. The standard InChI is InChI=1S/C15H23NO2/c1-11(2)12(3)15(18)16-14(10-17)9-13-7-5-4-6-8-13/h4-8,11-12,14,17H,9-10H2,1-3H3,(H,16,18)/t12?,14-/m1/s1. The van der Waals surface area contributed by atoms with Crippen LogP contribution in [0.2, 0.25) is 0 Å². The second kappa shape index (κ2) is 7.17. The lowest BCUT2D eigenvalue weighted by molar-refractivity contribution is -0.126. The molecule has 0 aliphatic carbocycles. The molecule has 2 atom stereocenters. The zero-order chi connectivity index (χ0) is 13.5. The Morgan fingerprint density at radius 2 is 1.83 bits per heavy atom. The molecule has 0 aliphatic heterocycles. The van der Waals surface area contributed by atoms with Crippen molar-refractivity contribution in [2.75, 3.05) is 6.61 Å². The molecule has 1 amide bonds. The molecule has 0 heterocycles. The summed E-state index contributed by atoms with van der Waals surface area (Å²) in [5.74, 6) is 0.288. The zero-order valence-corrected chi connectivity index (χ0v) is 11.4. The minimum Gasteiger partial charge on any atom is -0.394 e. The third kappa shape index (κ3) is 4.49. The van der Waals surface area contributed by atoms with E-state index in [0.717, 1.165) is 5.56 Å². The van der Waals surface area contributed by atoms with Gasteiger partial charge in [0, 0.05) is 5.92 Å². The summed E-state index contributed by atoms with van der Waals surface area (Å²) in [6, 6.07) is 9.67. The number of aliphatic hydroxyl groups excluding tert-OH is 1. The van der Waals surface area contributed by atoms with Crippen molar-refractivity contribution in [2.45, 2.75) is 33.2 Å². The molecule has 1 aromatic rings. The van der Waals surface area contributed by atoms with E-state index in [1.807, 2.05) is 51.1 Å². The summed E-state index contributed by atoms with van der Waals surface area (Å²) in [5, 5.41) is 12.2. The molecule has 0 saturated heterocycles. The smallest absolute Gasteiger partial charge is 0.223 e. The first kappa shape index (κ1) is 14.7. The van der Waals surface area contributed by atoms with Gasteiger partial charge in [-0.3, -0.25) is 4.79 Å². The lowest BCUT2D eigenvalue weighted by Gasteiger charge is -2.21. The molecule has 3 nitrogen and oxygen atoms in total. The SMILES string of the molecule is CC(C)C(C)C(=O)N[C@@H](CO)Cc1ccccc1. The quantitative estimate of drug-likeness (QED) is 0.810. The highest BCUT2D eigenvalue weighted by Crippen LogP contribution is 2.10. The largest absolute Gasteiger partial charge is 0.394 e. The highest BCUT2D eigenvalue weighted by Gasteiger charge is 2.19. The van der Waals surface area contributed by atoms with E-state index in [1.54, 1.807) is 0 Å². The predicted molar refractivity (Wildman–Crippen MR) is 73.2 cm³/mol. The monoisotopic (exact) mass is 249 g/mol. The molecule has 1 unspecified atom stereocenters. The van der Waals surface area contributed by atoms with Crippen LogP contribution >= 0.6 is 0 Å². The van der Waals surface area contributed by atoms with Crippen LogP contribution in [0.1, 0.15) is 26.3 Å². The van der Waals surface area contributed by atoms with E-state index in [-0.39, 0.29) is 24.5 Å². The molecule has 0 fully saturated rings. The van der Waals surface area contributed by atoms with Crippen molar-refractivity contribution in [3.63, 3.8) is 0 Å². The Balaban J connectivity index is 2.55. The number of carbonyl (C=O) groups is 1. The van der Waals surface area contributed by atoms with Gasteiger partial charge in [0.2, 0.25) is 5.91 Å². The first-order valence-corrected chi connectivity index (χ1v) is 6.49. The Kier molecular flexibility index (Phi) is 5.86. The fourth-order valence-corrected chi connectivity index (χ4v) is 1.70. The van der Waals surface area contributed by atoms with Crippen molar-refractivity contribution in [1.29, 1.82) is 0 Å². The van der Waals surface area contributed by atoms with Gasteiger partial charge in [-0.05, 0) is 17.9 Å². The average molecular weight is 249 g/mol. The number of hydrogen-bond donors (Lipinski definition) is 2. The van der Waals surface area contributed by atoms with Gasteiger partial charge in [-0.2, -0.15) is 0 Å². The number of nitrogens with one attached hydrogen (secondary N) is 1. The summed E-state index contributed by atoms with van der Waals surface area (Å²) in [5.41, 5.74) is 1.12. The zero-order valence-electron chi connectivity index (χ0n) is 11.4. The van der Waals surface area contributed by atoms with Gasteiger partial charge in [-0.25, -0.2) is 0 Å². The van der Waals surface area contributed by atoms with Crippen LogP contribution in [0.15, 0.2) is 30.3 Å². The minimum atomic E-state index is -0.207. The van der Waals surface area contributed by atoms with E-state index in [4.69, 9.17) is 0 Å². The maximum atomic E-state index is 11.9. The molecule has 1 aromatic carbocycles. The van der Waals surface area contributed by atoms with Gasteiger partial charge in [-0.1, -0.05) is 51.1 Å². The Labute approximate surface area is 109 Å². The lowest BCUT2D eigenvalue weighted by Crippen LogP contribution is -2.42. The molecule has 0 radical (unpaired) electrons. The second-order valence-electron chi connectivity index (χ2n) is 5.11. The highest BCUT2D eigenvalue weighted by molar-refractivity contribution is 5.78. The molecular formula is C15H23NO2. The summed E-state index contributed by atoms with van der Waals surface area (Å²) in [6.45, 7) is 5.92. The Morgan fingerprint density at radius 1 is 1.22 bits per heavy atom. The Morgan fingerprint density at radius 3 is 2.33 bits per heavy atom. The van der Waals surface area contributed by atoms with Gasteiger partial charge in [-0.15, -0.1) is 0 Å². The van der Waals surface area contributed by atoms with Crippen LogP contribution in [0.3, 0.4) is 0 Å². The first-order valence-electron chi connectivity index (χ1n) is 6.49. The first-order chi connectivity index (χ1) is 8.54. The van der Waals surface area contributed by atoms with E-state index in [2.05, 4.69) is 5.32 Å². The number of aliphatic hydroxyl groups is 1. The fraction of sp³-hybridized carbons (Fsp3) is 0.533. The maximum Gasteiger partial charge on any atom is 0.223 e. The lowest BCUT2D eigenvalue weighted by atomic mass is 9.96. The summed E-state index contributed by atoms with van der Waals surface area (Å²) < 4.78 is 0. The van der Waals surface area contributed by atoms with E-state index in [0.29, 0.717) is 12.3 Å². The number of benzene rings is 1. The van der Waals surface area contributed by atoms with Crippen LogP contribution in [-0.2, 0) is 11.2 Å². The molecule has 100 valence electrons. The summed E-state index contributed by atoms with van der Waals surface area (Å²) >= 11 is 0. The van der Waals surface area contributed by atoms with E-state index in [9.17, 15) is 9.90 Å². The molecule has 0 aliphatic rings. The highest BCUT2D eigenvalue weighted by atomic mass is 16.3. The molecule has 0 saturated carbocycles. The van der Waals surface area contributed by atoms with Crippen LogP contribution < -0.4 is 5.32 Å². The molecule has 1 rings (SSSR count). The Hall–Kier alpha value is -1.35. The number of amides is 1. The summed E-state index contributed by atoms with van der Waals surface area (Å²) in [4.78, 5) is 11.9. The van der Waals surface area contributed by atoms with Crippen molar-refractivity contribution in [3.05, 3.63) is 35.9 Å². The molecular weight excluding hydrogens is 226 g/mol. The van der Waals surface area contributed by atoms with Crippen molar-refractivity contribution in [2.24, 2.45) is 11.8 Å². The van der Waals surface area contributed by atoms with Crippen molar-refractivity contribution >= 4 is 5.91 Å². The number of hydrogen-bond acceptors (Lipinski definition) is 2. The van der Waals surface area contributed by atoms with Gasteiger partial charge in [0.15, 0.2) is 0 Å². The minimum absolute atomic E-state index is 0.0139. The van der Waals surface area contributed by atoms with E-state index >= 15 is 0 Å². The third-order valence-electron chi connectivity index (χ3n) is 3.31. The molecule has 0 bridgehead atoms. The van der Waals surface area contributed by atoms with Gasteiger partial charge in [0.05, 0.1) is 12.6 Å². The summed E-state index contributed by atoms with van der Waals surface area (Å²) in [7, 11) is 0. The van der Waals surface area contributed by atoms with Gasteiger partial charge in [0.1, 0.15) is 0 Å². The van der Waals surface area contributed by atoms with Crippen molar-refractivity contribution < 1.29 is 9.90 Å². The maximum absolute atomic E-state index is 11.9. The van der Waals surface area contributed by atoms with Crippen LogP contribution in [0.5, 0.6) is 0 Å². The summed E-state index contributed by atoms with van der Waals surface area (Å²) in [6.07, 6.45) is 0.661. The molecule has 0 spiro atoms. The number of carbonyl (C=O) groups excluding carboxylic acids is 1. The topological polar surface area (TPSA) is 49.3 Å². The van der Waals surface area contributed by atoms with E-state index < -0.39 is 0 Å². The van der Waals surface area contributed by atoms with Crippen LogP contribution in [-0.4, -0.2) is 23.7 Å². The molecule has 0 aromatic heterocycles. The van der Waals surface area contributed by atoms with Crippen molar-refractivity contribution in [3.8, 4) is 0 Å². The van der Waals surface area contributed by atoms with Gasteiger partial charge < -0.3 is 10.4 Å². The van der Waals surface area contributed by atoms with Crippen LogP contribution in [0.4, 0.5) is 0 Å². The predicted octanol–water partition coefficient (Wildman–Crippen LogP) is 2.00. The Bertz CT molecular complexity index is 362. The molecule has 2 N–H and O–H groups in total.